The molecule has 5 nitrogen and oxygen atoms in total. The smallest absolute Gasteiger partial charge is 0.251 e. The van der Waals surface area contributed by atoms with Gasteiger partial charge in [0.15, 0.2) is 5.11 Å². The summed E-state index contributed by atoms with van der Waals surface area (Å²) in [5.41, 5.74) is 7.36. The average molecular weight is 354 g/mol. The minimum absolute atomic E-state index is 0.186. The van der Waals surface area contributed by atoms with Crippen molar-refractivity contribution < 1.29 is 9.59 Å². The molecule has 0 fully saturated rings. The van der Waals surface area contributed by atoms with Gasteiger partial charge in [-0.05, 0) is 48.4 Å². The number of rotatable bonds is 2. The highest BCUT2D eigenvalue weighted by Crippen LogP contribution is 2.44. The molecule has 1 aliphatic carbocycles. The maximum atomic E-state index is 11.9. The van der Waals surface area contributed by atoms with Crippen LogP contribution in [-0.2, 0) is 17.6 Å². The summed E-state index contributed by atoms with van der Waals surface area (Å²) >= 11 is 6.61. The van der Waals surface area contributed by atoms with Gasteiger partial charge >= 0.3 is 0 Å². The third-order valence-electron chi connectivity index (χ3n) is 4.25. The molecular weight excluding hydrogens is 330 g/mol. The minimum Gasteiger partial charge on any atom is -0.365 e. The summed E-state index contributed by atoms with van der Waals surface area (Å²) in [6, 6.07) is 0. The first-order valence-electron chi connectivity index (χ1n) is 7.62. The molecule has 1 aliphatic rings. The Labute approximate surface area is 146 Å². The van der Waals surface area contributed by atoms with Crippen LogP contribution in [0, 0.1) is 11.3 Å². The number of thiophene rings is 1. The van der Waals surface area contributed by atoms with E-state index in [0.29, 0.717) is 16.5 Å². The van der Waals surface area contributed by atoms with Crippen LogP contribution in [0.2, 0.25) is 0 Å². The Morgan fingerprint density at radius 3 is 2.52 bits per heavy atom. The van der Waals surface area contributed by atoms with E-state index in [2.05, 4.69) is 31.4 Å². The third kappa shape index (κ3) is 4.09. The molecule has 0 bridgehead atoms. The first-order valence-corrected chi connectivity index (χ1v) is 8.85. The van der Waals surface area contributed by atoms with E-state index >= 15 is 0 Å². The normalized spacial score (nSPS) is 17.3. The van der Waals surface area contributed by atoms with Gasteiger partial charge < -0.3 is 16.4 Å². The van der Waals surface area contributed by atoms with E-state index < -0.39 is 5.91 Å². The predicted molar refractivity (Wildman–Crippen MR) is 97.8 cm³/mol. The molecule has 126 valence electrons. The number of carbonyl (C=O) groups excluding carboxylic acids is 2. The molecule has 1 aromatic rings. The molecular formula is C16H23N3O2S2. The van der Waals surface area contributed by atoms with Crippen LogP contribution in [0.5, 0.6) is 0 Å². The average Bonchev–Trinajstić information content (AvgIpc) is 2.72. The minimum atomic E-state index is -0.454. The fraction of sp³-hybridized carbons (Fsp3) is 0.562. The van der Waals surface area contributed by atoms with Gasteiger partial charge in [-0.25, -0.2) is 0 Å². The van der Waals surface area contributed by atoms with E-state index in [0.717, 1.165) is 24.8 Å². The number of hydrogen-bond donors (Lipinski definition) is 3. The lowest BCUT2D eigenvalue weighted by Crippen LogP contribution is -2.32. The highest BCUT2D eigenvalue weighted by Gasteiger charge is 2.33. The van der Waals surface area contributed by atoms with E-state index in [4.69, 9.17) is 18.0 Å². The SMILES string of the molecule is CC(=O)NC(=S)Nc1sc2c(c1C(N)=O)CC[C@@H](C(C)(C)C)C2. The molecule has 2 amide bonds. The van der Waals surface area contributed by atoms with Gasteiger partial charge in [-0.2, -0.15) is 0 Å². The van der Waals surface area contributed by atoms with Crippen LogP contribution in [0.4, 0.5) is 5.00 Å². The molecule has 0 radical (unpaired) electrons. The Balaban J connectivity index is 2.31. The van der Waals surface area contributed by atoms with E-state index in [1.807, 2.05) is 0 Å². The Hall–Kier alpha value is -1.47. The van der Waals surface area contributed by atoms with Crippen molar-refractivity contribution in [1.82, 2.24) is 5.32 Å². The molecule has 0 spiro atoms. The summed E-state index contributed by atoms with van der Waals surface area (Å²) < 4.78 is 0. The van der Waals surface area contributed by atoms with Crippen molar-refractivity contribution >= 4 is 45.5 Å². The summed E-state index contributed by atoms with van der Waals surface area (Å²) in [6.45, 7) is 8.12. The van der Waals surface area contributed by atoms with Gasteiger partial charge in [0.25, 0.3) is 5.91 Å². The molecule has 2 rings (SSSR count). The Kier molecular flexibility index (Phi) is 5.10. The predicted octanol–water partition coefficient (Wildman–Crippen LogP) is 2.83. The fourth-order valence-electron chi connectivity index (χ4n) is 2.97. The van der Waals surface area contributed by atoms with Gasteiger partial charge in [-0.1, -0.05) is 20.8 Å². The number of primary amides is 1. The standard InChI is InChI=1S/C16H23N3O2S2/c1-8(20)18-15(22)19-14-12(13(17)21)10-6-5-9(16(2,3)4)7-11(10)23-14/h9H,5-7H2,1-4H3,(H2,17,21)(H2,18,19,20,22)/t9-/m1/s1. The van der Waals surface area contributed by atoms with Gasteiger partial charge in [0, 0.05) is 11.8 Å². The zero-order chi connectivity index (χ0) is 17.4. The maximum absolute atomic E-state index is 11.9. The number of thiocarbonyl (C=S) groups is 1. The Morgan fingerprint density at radius 1 is 1.35 bits per heavy atom. The number of nitrogens with two attached hydrogens (primary N) is 1. The van der Waals surface area contributed by atoms with E-state index in [9.17, 15) is 9.59 Å². The van der Waals surface area contributed by atoms with Gasteiger partial charge in [-0.3, -0.25) is 9.59 Å². The van der Waals surface area contributed by atoms with Crippen molar-refractivity contribution in [1.29, 1.82) is 0 Å². The van der Waals surface area contributed by atoms with Crippen LogP contribution in [0.3, 0.4) is 0 Å². The van der Waals surface area contributed by atoms with Gasteiger partial charge in [0.1, 0.15) is 5.00 Å². The summed E-state index contributed by atoms with van der Waals surface area (Å²) in [7, 11) is 0. The zero-order valence-electron chi connectivity index (χ0n) is 13.9. The summed E-state index contributed by atoms with van der Waals surface area (Å²) in [6.07, 6.45) is 2.84. The van der Waals surface area contributed by atoms with Crippen LogP contribution in [0.1, 0.15) is 54.9 Å². The molecule has 0 saturated carbocycles. The number of anilines is 1. The number of carbonyl (C=O) groups is 2. The monoisotopic (exact) mass is 353 g/mol. The van der Waals surface area contributed by atoms with Crippen LogP contribution in [0.25, 0.3) is 0 Å². The zero-order valence-corrected chi connectivity index (χ0v) is 15.5. The van der Waals surface area contributed by atoms with E-state index in [1.54, 1.807) is 0 Å². The topological polar surface area (TPSA) is 84.2 Å². The number of hydrogen-bond acceptors (Lipinski definition) is 4. The van der Waals surface area contributed by atoms with E-state index in [-0.39, 0.29) is 16.4 Å². The highest BCUT2D eigenvalue weighted by molar-refractivity contribution is 7.80. The molecule has 4 N–H and O–H groups in total. The second-order valence-electron chi connectivity index (χ2n) is 7.01. The lowest BCUT2D eigenvalue weighted by Gasteiger charge is -2.33. The van der Waals surface area contributed by atoms with Crippen molar-refractivity contribution in [2.24, 2.45) is 17.1 Å². The van der Waals surface area contributed by atoms with Crippen molar-refractivity contribution in [3.05, 3.63) is 16.0 Å². The summed E-state index contributed by atoms with van der Waals surface area (Å²) in [4.78, 5) is 24.2. The molecule has 1 aromatic heterocycles. The maximum Gasteiger partial charge on any atom is 0.251 e. The van der Waals surface area contributed by atoms with Crippen molar-refractivity contribution in [2.75, 3.05) is 5.32 Å². The van der Waals surface area contributed by atoms with Crippen molar-refractivity contribution in [3.8, 4) is 0 Å². The fourth-order valence-corrected chi connectivity index (χ4v) is 4.62. The molecule has 23 heavy (non-hydrogen) atoms. The summed E-state index contributed by atoms with van der Waals surface area (Å²) in [5, 5.41) is 6.28. The van der Waals surface area contributed by atoms with Crippen LogP contribution >= 0.6 is 23.6 Å². The molecule has 0 aliphatic heterocycles. The highest BCUT2D eigenvalue weighted by atomic mass is 32.1. The van der Waals surface area contributed by atoms with Gasteiger partial charge in [0.05, 0.1) is 5.56 Å². The van der Waals surface area contributed by atoms with Crippen LogP contribution < -0.4 is 16.4 Å². The first kappa shape index (κ1) is 17.9. The molecule has 0 saturated heterocycles. The summed E-state index contributed by atoms with van der Waals surface area (Å²) in [5.74, 6) is -0.133. The van der Waals surface area contributed by atoms with E-state index in [1.165, 1.54) is 23.1 Å². The second kappa shape index (κ2) is 6.57. The molecule has 1 heterocycles. The molecule has 0 unspecified atom stereocenters. The quantitative estimate of drug-likeness (QED) is 0.714. The van der Waals surface area contributed by atoms with Crippen LogP contribution in [-0.4, -0.2) is 16.9 Å². The lowest BCUT2D eigenvalue weighted by molar-refractivity contribution is -0.117. The van der Waals surface area contributed by atoms with Crippen molar-refractivity contribution in [2.45, 2.75) is 47.0 Å². The number of amides is 2. The largest absolute Gasteiger partial charge is 0.365 e. The lowest BCUT2D eigenvalue weighted by atomic mass is 9.72. The molecule has 1 atom stereocenters. The molecule has 7 heteroatoms. The van der Waals surface area contributed by atoms with Crippen LogP contribution in [0.15, 0.2) is 0 Å². The molecule has 0 aromatic carbocycles. The first-order chi connectivity index (χ1) is 10.6. The van der Waals surface area contributed by atoms with Crippen molar-refractivity contribution in [3.63, 3.8) is 0 Å². The number of fused-ring (bicyclic) bond motifs is 1. The Morgan fingerprint density at radius 2 is 2.00 bits per heavy atom. The van der Waals surface area contributed by atoms with Gasteiger partial charge in [-0.15, -0.1) is 11.3 Å². The number of nitrogens with one attached hydrogen (secondary N) is 2. The second-order valence-corrected chi connectivity index (χ2v) is 8.53. The van der Waals surface area contributed by atoms with Gasteiger partial charge in [0.2, 0.25) is 5.91 Å². The third-order valence-corrected chi connectivity index (χ3v) is 5.63. The Bertz CT molecular complexity index is 659.